The van der Waals surface area contributed by atoms with E-state index in [-0.39, 0.29) is 5.91 Å². The zero-order valence-corrected chi connectivity index (χ0v) is 18.0. The van der Waals surface area contributed by atoms with Crippen LogP contribution in [0.25, 0.3) is 0 Å². The van der Waals surface area contributed by atoms with Gasteiger partial charge in [0.05, 0.1) is 11.9 Å². The predicted octanol–water partition coefficient (Wildman–Crippen LogP) is 2.49. The molecule has 1 amide bonds. The van der Waals surface area contributed by atoms with Gasteiger partial charge in [-0.25, -0.2) is 8.42 Å². The van der Waals surface area contributed by atoms with Crippen LogP contribution in [0.2, 0.25) is 0 Å². The van der Waals surface area contributed by atoms with Crippen LogP contribution in [0.1, 0.15) is 42.6 Å². The maximum Gasteiger partial charge on any atom is 0.251 e. The van der Waals surface area contributed by atoms with E-state index in [1.807, 2.05) is 6.92 Å². The minimum atomic E-state index is -3.37. The van der Waals surface area contributed by atoms with E-state index in [1.54, 1.807) is 18.2 Å². The number of sulfonamides is 1. The van der Waals surface area contributed by atoms with Gasteiger partial charge in [-0.15, -0.1) is 0 Å². The third-order valence-corrected chi connectivity index (χ3v) is 6.38. The molecule has 1 saturated heterocycles. The van der Waals surface area contributed by atoms with Gasteiger partial charge >= 0.3 is 0 Å². The SMILES string of the molecule is Cc1ccc(C(=O)NCCCN2C[C@@H](C)C[C@H](C)C2)cc1N(C)S(C)(=O)=O. The molecule has 7 heteroatoms. The number of carbonyl (C=O) groups excluding carboxylic acids is 1. The first-order valence-corrected chi connectivity index (χ1v) is 11.5. The standard InChI is InChI=1S/C20H33N3O3S/c1-15-11-16(2)14-23(13-15)10-6-9-21-20(24)18-8-7-17(3)19(12-18)22(4)27(5,25)26/h7-8,12,15-16H,6,9-11,13-14H2,1-5H3,(H,21,24)/t15-,16-/m0/s1. The normalized spacial score (nSPS) is 21.1. The fourth-order valence-electron chi connectivity index (χ4n) is 3.85. The van der Waals surface area contributed by atoms with Crippen LogP contribution in [0, 0.1) is 18.8 Å². The average Bonchev–Trinajstić information content (AvgIpc) is 2.56. The molecule has 0 bridgehead atoms. The number of nitrogens with one attached hydrogen (secondary N) is 1. The smallest absolute Gasteiger partial charge is 0.251 e. The minimum Gasteiger partial charge on any atom is -0.352 e. The summed E-state index contributed by atoms with van der Waals surface area (Å²) in [5, 5.41) is 2.95. The highest BCUT2D eigenvalue weighted by molar-refractivity contribution is 7.92. The van der Waals surface area contributed by atoms with E-state index in [2.05, 4.69) is 24.1 Å². The Labute approximate surface area is 164 Å². The van der Waals surface area contributed by atoms with Crippen LogP contribution in [0.3, 0.4) is 0 Å². The zero-order chi connectivity index (χ0) is 20.2. The molecule has 152 valence electrons. The number of hydrogen-bond donors (Lipinski definition) is 1. The second-order valence-electron chi connectivity index (χ2n) is 8.05. The molecule has 1 aromatic rings. The van der Waals surface area contributed by atoms with E-state index < -0.39 is 10.0 Å². The summed E-state index contributed by atoms with van der Waals surface area (Å²) in [7, 11) is -1.87. The Morgan fingerprint density at radius 1 is 1.26 bits per heavy atom. The molecule has 6 nitrogen and oxygen atoms in total. The molecule has 0 saturated carbocycles. The summed E-state index contributed by atoms with van der Waals surface area (Å²) in [5.74, 6) is 1.31. The highest BCUT2D eigenvalue weighted by atomic mass is 32.2. The number of carbonyl (C=O) groups is 1. The molecule has 1 N–H and O–H groups in total. The molecule has 0 radical (unpaired) electrons. The maximum atomic E-state index is 12.4. The summed E-state index contributed by atoms with van der Waals surface area (Å²) in [5.41, 5.74) is 1.82. The number of nitrogens with zero attached hydrogens (tertiary/aromatic N) is 2. The first kappa shape index (κ1) is 21.7. The minimum absolute atomic E-state index is 0.168. The average molecular weight is 396 g/mol. The number of benzene rings is 1. The van der Waals surface area contributed by atoms with Crippen LogP contribution in [-0.4, -0.2) is 58.7 Å². The third-order valence-electron chi connectivity index (χ3n) is 5.19. The first-order chi connectivity index (χ1) is 12.6. The van der Waals surface area contributed by atoms with Crippen molar-refractivity contribution in [2.45, 2.75) is 33.6 Å². The van der Waals surface area contributed by atoms with Crippen LogP contribution in [0.5, 0.6) is 0 Å². The molecule has 1 aromatic carbocycles. The van der Waals surface area contributed by atoms with Crippen molar-refractivity contribution in [3.05, 3.63) is 29.3 Å². The molecule has 1 fully saturated rings. The molecule has 2 atom stereocenters. The van der Waals surface area contributed by atoms with E-state index in [1.165, 1.54) is 17.8 Å². The van der Waals surface area contributed by atoms with Gasteiger partial charge in [0, 0.05) is 32.2 Å². The highest BCUT2D eigenvalue weighted by Crippen LogP contribution is 2.23. The molecule has 0 unspecified atom stereocenters. The largest absolute Gasteiger partial charge is 0.352 e. The third kappa shape index (κ3) is 6.21. The van der Waals surface area contributed by atoms with Crippen LogP contribution in [-0.2, 0) is 10.0 Å². The lowest BCUT2D eigenvalue weighted by Gasteiger charge is -2.34. The number of hydrogen-bond acceptors (Lipinski definition) is 4. The molecular weight excluding hydrogens is 362 g/mol. The van der Waals surface area contributed by atoms with E-state index in [9.17, 15) is 13.2 Å². The fraction of sp³-hybridized carbons (Fsp3) is 0.650. The summed E-state index contributed by atoms with van der Waals surface area (Å²) in [4.78, 5) is 14.9. The Bertz CT molecular complexity index is 754. The molecule has 2 rings (SSSR count). The van der Waals surface area contributed by atoms with Crippen molar-refractivity contribution in [2.75, 3.05) is 43.8 Å². The molecule has 1 aliphatic heterocycles. The topological polar surface area (TPSA) is 69.7 Å². The number of rotatable bonds is 7. The van der Waals surface area contributed by atoms with Crippen molar-refractivity contribution in [1.82, 2.24) is 10.2 Å². The second kappa shape index (κ2) is 9.06. The lowest BCUT2D eigenvalue weighted by Crippen LogP contribution is -2.40. The lowest BCUT2D eigenvalue weighted by molar-refractivity contribution is 0.0947. The van der Waals surface area contributed by atoms with Gasteiger partial charge in [-0.2, -0.15) is 0 Å². The Balaban J connectivity index is 1.89. The summed E-state index contributed by atoms with van der Waals surface area (Å²) < 4.78 is 24.8. The van der Waals surface area contributed by atoms with Crippen molar-refractivity contribution < 1.29 is 13.2 Å². The molecule has 0 spiro atoms. The van der Waals surface area contributed by atoms with Gasteiger partial charge in [0.15, 0.2) is 0 Å². The van der Waals surface area contributed by atoms with E-state index in [0.717, 1.165) is 49.7 Å². The number of amides is 1. The van der Waals surface area contributed by atoms with Crippen LogP contribution in [0.15, 0.2) is 18.2 Å². The molecular formula is C20H33N3O3S. The molecule has 0 aliphatic carbocycles. The van der Waals surface area contributed by atoms with Gasteiger partial charge in [-0.05, 0) is 55.8 Å². The van der Waals surface area contributed by atoms with Gasteiger partial charge in [0.25, 0.3) is 5.91 Å². The monoisotopic (exact) mass is 395 g/mol. The Morgan fingerprint density at radius 2 is 1.89 bits per heavy atom. The zero-order valence-electron chi connectivity index (χ0n) is 17.2. The summed E-state index contributed by atoms with van der Waals surface area (Å²) in [6.45, 7) is 10.3. The maximum absolute atomic E-state index is 12.4. The molecule has 1 aliphatic rings. The van der Waals surface area contributed by atoms with Gasteiger partial charge < -0.3 is 10.2 Å². The fourth-order valence-corrected chi connectivity index (χ4v) is 4.40. The predicted molar refractivity (Wildman–Crippen MR) is 111 cm³/mol. The summed E-state index contributed by atoms with van der Waals surface area (Å²) in [6, 6.07) is 5.15. The van der Waals surface area contributed by atoms with Crippen molar-refractivity contribution in [3.8, 4) is 0 Å². The Morgan fingerprint density at radius 3 is 2.48 bits per heavy atom. The van der Waals surface area contributed by atoms with Crippen molar-refractivity contribution >= 4 is 21.6 Å². The van der Waals surface area contributed by atoms with Crippen LogP contribution >= 0.6 is 0 Å². The van der Waals surface area contributed by atoms with Gasteiger partial charge in [0.1, 0.15) is 0 Å². The van der Waals surface area contributed by atoms with Crippen LogP contribution in [0.4, 0.5) is 5.69 Å². The quantitative estimate of drug-likeness (QED) is 0.720. The van der Waals surface area contributed by atoms with Crippen molar-refractivity contribution in [3.63, 3.8) is 0 Å². The number of piperidine rings is 1. The van der Waals surface area contributed by atoms with Gasteiger partial charge in [-0.3, -0.25) is 9.10 Å². The summed E-state index contributed by atoms with van der Waals surface area (Å²) >= 11 is 0. The molecule has 0 aromatic heterocycles. The van der Waals surface area contributed by atoms with Gasteiger partial charge in [-0.1, -0.05) is 19.9 Å². The molecule has 27 heavy (non-hydrogen) atoms. The van der Waals surface area contributed by atoms with E-state index in [4.69, 9.17) is 0 Å². The second-order valence-corrected chi connectivity index (χ2v) is 10.1. The van der Waals surface area contributed by atoms with E-state index in [0.29, 0.717) is 17.8 Å². The van der Waals surface area contributed by atoms with E-state index >= 15 is 0 Å². The highest BCUT2D eigenvalue weighted by Gasteiger charge is 2.21. The molecule has 1 heterocycles. The number of aryl methyl sites for hydroxylation is 1. The number of likely N-dealkylation sites (tertiary alicyclic amines) is 1. The first-order valence-electron chi connectivity index (χ1n) is 9.63. The van der Waals surface area contributed by atoms with Crippen LogP contribution < -0.4 is 9.62 Å². The Hall–Kier alpha value is -1.60. The van der Waals surface area contributed by atoms with Crippen molar-refractivity contribution in [1.29, 1.82) is 0 Å². The Kier molecular flexibility index (Phi) is 7.28. The number of anilines is 1. The van der Waals surface area contributed by atoms with Gasteiger partial charge in [0.2, 0.25) is 10.0 Å². The lowest BCUT2D eigenvalue weighted by atomic mass is 9.92. The van der Waals surface area contributed by atoms with Crippen molar-refractivity contribution in [2.24, 2.45) is 11.8 Å². The summed E-state index contributed by atoms with van der Waals surface area (Å²) in [6.07, 6.45) is 3.36.